The van der Waals surface area contributed by atoms with Gasteiger partial charge in [0.15, 0.2) is 0 Å². The van der Waals surface area contributed by atoms with Crippen molar-refractivity contribution in [2.75, 3.05) is 11.9 Å². The number of hydrogen-bond acceptors (Lipinski definition) is 5. The predicted octanol–water partition coefficient (Wildman–Crippen LogP) is 5.20. The number of aromatic nitrogens is 2. The summed E-state index contributed by atoms with van der Waals surface area (Å²) in [5.41, 5.74) is 7.99. The molecular formula is C26H29BrF2N4O2. The highest BCUT2D eigenvalue weighted by Gasteiger charge is 2.23. The summed E-state index contributed by atoms with van der Waals surface area (Å²) in [5.74, 6) is -1.26. The van der Waals surface area contributed by atoms with Crippen LogP contribution in [-0.2, 0) is 19.3 Å². The molecule has 0 bridgehead atoms. The number of anilines is 1. The van der Waals surface area contributed by atoms with Gasteiger partial charge in [0.2, 0.25) is 5.91 Å². The van der Waals surface area contributed by atoms with E-state index in [0.29, 0.717) is 34.4 Å². The first kappa shape index (κ1) is 26.7. The van der Waals surface area contributed by atoms with Crippen molar-refractivity contribution in [1.82, 2.24) is 9.97 Å². The predicted molar refractivity (Wildman–Crippen MR) is 136 cm³/mol. The zero-order valence-corrected chi connectivity index (χ0v) is 21.5. The van der Waals surface area contributed by atoms with Gasteiger partial charge in [-0.15, -0.1) is 0 Å². The third kappa shape index (κ3) is 6.82. The summed E-state index contributed by atoms with van der Waals surface area (Å²) in [5, 5.41) is 13.7. The number of hydrogen-bond donors (Lipinski definition) is 3. The molecule has 0 unspecified atom stereocenters. The topological polar surface area (TPSA) is 101 Å². The molecule has 3 rings (SSSR count). The van der Waals surface area contributed by atoms with E-state index < -0.39 is 23.1 Å². The summed E-state index contributed by atoms with van der Waals surface area (Å²) in [6.45, 7) is 5.67. The Balaban J connectivity index is 1.93. The molecule has 0 aliphatic rings. The quantitative estimate of drug-likeness (QED) is 0.324. The normalized spacial score (nSPS) is 11.5. The Hall–Kier alpha value is -2.91. The highest BCUT2D eigenvalue weighted by atomic mass is 79.9. The fraction of sp³-hybridized carbons (Fsp3) is 0.346. The van der Waals surface area contributed by atoms with Crippen LogP contribution >= 0.6 is 15.9 Å². The molecule has 35 heavy (non-hydrogen) atoms. The van der Waals surface area contributed by atoms with E-state index in [1.54, 1.807) is 32.0 Å². The minimum Gasteiger partial charge on any atom is -0.390 e. The van der Waals surface area contributed by atoms with Crippen LogP contribution in [0.1, 0.15) is 54.2 Å². The lowest BCUT2D eigenvalue weighted by Gasteiger charge is -2.23. The lowest BCUT2D eigenvalue weighted by atomic mass is 9.85. The van der Waals surface area contributed by atoms with Gasteiger partial charge in [-0.25, -0.2) is 18.7 Å². The van der Waals surface area contributed by atoms with Gasteiger partial charge < -0.3 is 16.2 Å². The molecule has 0 spiro atoms. The summed E-state index contributed by atoms with van der Waals surface area (Å²) in [6, 6.07) is 7.66. The number of aliphatic hydroxyl groups is 1. The molecule has 3 aromatic rings. The number of carbonyl (C=O) groups is 1. The molecule has 1 amide bonds. The van der Waals surface area contributed by atoms with Crippen molar-refractivity contribution in [3.05, 3.63) is 75.0 Å². The summed E-state index contributed by atoms with van der Waals surface area (Å²) in [7, 11) is 0. The van der Waals surface area contributed by atoms with Gasteiger partial charge in [0, 0.05) is 40.2 Å². The minimum absolute atomic E-state index is 0.00584. The lowest BCUT2D eigenvalue weighted by molar-refractivity contribution is 0.0807. The first-order valence-electron chi connectivity index (χ1n) is 11.4. The van der Waals surface area contributed by atoms with Gasteiger partial charge in [-0.05, 0) is 56.0 Å². The SMILES string of the molecule is CCCc1c(C(N)=O)ccc(-c2cc(NCCc3c(F)cc(Br)cc3F)ncn2)c1CC(C)(C)O. The van der Waals surface area contributed by atoms with E-state index in [9.17, 15) is 18.7 Å². The van der Waals surface area contributed by atoms with E-state index in [1.165, 1.54) is 18.5 Å². The standard InChI is InChI=1S/C26H29BrF2N4O2/c1-4-5-16-18(25(30)34)7-6-17(20(16)13-26(2,3)35)23-12-24(33-14-32-23)31-9-8-19-21(28)10-15(27)11-22(19)29/h6-7,10-12,14,35H,4-5,8-9,13H2,1-3H3,(H2,30,34)(H,31,32,33). The van der Waals surface area contributed by atoms with Crippen molar-refractivity contribution in [2.24, 2.45) is 5.73 Å². The number of carbonyl (C=O) groups excluding carboxylic acids is 1. The molecule has 0 atom stereocenters. The molecular weight excluding hydrogens is 518 g/mol. The number of benzene rings is 2. The first-order chi connectivity index (χ1) is 16.5. The summed E-state index contributed by atoms with van der Waals surface area (Å²) >= 11 is 3.08. The molecule has 186 valence electrons. The molecule has 0 radical (unpaired) electrons. The molecule has 0 fully saturated rings. The fourth-order valence-corrected chi connectivity index (χ4v) is 4.46. The van der Waals surface area contributed by atoms with Gasteiger partial charge in [-0.2, -0.15) is 0 Å². The number of rotatable bonds is 10. The molecule has 0 saturated carbocycles. The van der Waals surface area contributed by atoms with Crippen molar-refractivity contribution in [2.45, 2.75) is 52.1 Å². The summed E-state index contributed by atoms with van der Waals surface area (Å²) < 4.78 is 28.6. The number of amides is 1. The van der Waals surface area contributed by atoms with E-state index in [4.69, 9.17) is 5.73 Å². The molecule has 2 aromatic carbocycles. The fourth-order valence-electron chi connectivity index (χ4n) is 4.06. The number of halogens is 3. The molecule has 4 N–H and O–H groups in total. The molecule has 0 aliphatic carbocycles. The van der Waals surface area contributed by atoms with E-state index in [-0.39, 0.29) is 18.5 Å². The van der Waals surface area contributed by atoms with Crippen LogP contribution in [-0.4, -0.2) is 33.1 Å². The van der Waals surface area contributed by atoms with Crippen LogP contribution in [0.25, 0.3) is 11.3 Å². The molecule has 1 heterocycles. The second-order valence-corrected chi connectivity index (χ2v) is 9.95. The van der Waals surface area contributed by atoms with E-state index in [1.807, 2.05) is 6.92 Å². The van der Waals surface area contributed by atoms with Crippen LogP contribution in [0.5, 0.6) is 0 Å². The van der Waals surface area contributed by atoms with Gasteiger partial charge >= 0.3 is 0 Å². The van der Waals surface area contributed by atoms with E-state index >= 15 is 0 Å². The maximum atomic E-state index is 14.1. The Morgan fingerprint density at radius 1 is 1.09 bits per heavy atom. The number of nitrogens with one attached hydrogen (secondary N) is 1. The van der Waals surface area contributed by atoms with Crippen LogP contribution in [0.2, 0.25) is 0 Å². The lowest BCUT2D eigenvalue weighted by Crippen LogP contribution is -2.25. The van der Waals surface area contributed by atoms with Crippen molar-refractivity contribution in [3.8, 4) is 11.3 Å². The zero-order valence-electron chi connectivity index (χ0n) is 20.0. The third-order valence-electron chi connectivity index (χ3n) is 5.54. The van der Waals surface area contributed by atoms with Crippen LogP contribution in [0.3, 0.4) is 0 Å². The third-order valence-corrected chi connectivity index (χ3v) is 5.99. The molecule has 1 aromatic heterocycles. The van der Waals surface area contributed by atoms with E-state index in [0.717, 1.165) is 23.1 Å². The second kappa shape index (κ2) is 11.2. The largest absolute Gasteiger partial charge is 0.390 e. The van der Waals surface area contributed by atoms with Crippen molar-refractivity contribution < 1.29 is 18.7 Å². The highest BCUT2D eigenvalue weighted by Crippen LogP contribution is 2.32. The Kier molecular flexibility index (Phi) is 8.56. The van der Waals surface area contributed by atoms with Crippen molar-refractivity contribution in [3.63, 3.8) is 0 Å². The van der Waals surface area contributed by atoms with Gasteiger partial charge in [-0.1, -0.05) is 35.3 Å². The molecule has 9 heteroatoms. The van der Waals surface area contributed by atoms with Gasteiger partial charge in [0.25, 0.3) is 0 Å². The van der Waals surface area contributed by atoms with Crippen LogP contribution in [0.4, 0.5) is 14.6 Å². The Morgan fingerprint density at radius 3 is 2.37 bits per heavy atom. The first-order valence-corrected chi connectivity index (χ1v) is 12.2. The average Bonchev–Trinajstić information content (AvgIpc) is 2.75. The van der Waals surface area contributed by atoms with Gasteiger partial charge in [-0.3, -0.25) is 4.79 Å². The van der Waals surface area contributed by atoms with Gasteiger partial charge in [0.05, 0.1) is 11.3 Å². The average molecular weight is 547 g/mol. The maximum Gasteiger partial charge on any atom is 0.248 e. The second-order valence-electron chi connectivity index (χ2n) is 9.03. The van der Waals surface area contributed by atoms with Crippen molar-refractivity contribution >= 4 is 27.7 Å². The number of primary amides is 1. The summed E-state index contributed by atoms with van der Waals surface area (Å²) in [4.78, 5) is 20.7. The minimum atomic E-state index is -1.03. The zero-order chi connectivity index (χ0) is 25.8. The molecule has 0 aliphatic heterocycles. The molecule has 6 nitrogen and oxygen atoms in total. The monoisotopic (exact) mass is 546 g/mol. The number of nitrogens with two attached hydrogens (primary N) is 1. The number of nitrogens with zero attached hydrogens (tertiary/aromatic N) is 2. The van der Waals surface area contributed by atoms with Gasteiger partial charge in [0.1, 0.15) is 23.8 Å². The molecule has 0 saturated heterocycles. The Labute approximate surface area is 212 Å². The van der Waals surface area contributed by atoms with E-state index in [2.05, 4.69) is 31.2 Å². The maximum absolute atomic E-state index is 14.1. The Bertz CT molecular complexity index is 1210. The highest BCUT2D eigenvalue weighted by molar-refractivity contribution is 9.10. The smallest absolute Gasteiger partial charge is 0.248 e. The van der Waals surface area contributed by atoms with Crippen LogP contribution in [0.15, 0.2) is 41.1 Å². The Morgan fingerprint density at radius 2 is 1.77 bits per heavy atom. The van der Waals surface area contributed by atoms with Crippen molar-refractivity contribution in [1.29, 1.82) is 0 Å². The summed E-state index contributed by atoms with van der Waals surface area (Å²) in [6.07, 6.45) is 3.24. The van der Waals surface area contributed by atoms with Crippen LogP contribution < -0.4 is 11.1 Å². The van der Waals surface area contributed by atoms with Crippen LogP contribution in [0, 0.1) is 11.6 Å².